The summed E-state index contributed by atoms with van der Waals surface area (Å²) < 4.78 is 59.4. The monoisotopic (exact) mass is 467 g/mol. The molecule has 2 saturated heterocycles. The number of carbonyl (C=O) groups is 1. The highest BCUT2D eigenvalue weighted by Crippen LogP contribution is 2.30. The third-order valence-electron chi connectivity index (χ3n) is 5.68. The first kappa shape index (κ1) is 21.8. The van der Waals surface area contributed by atoms with E-state index in [1.54, 1.807) is 36.1 Å². The zero-order chi connectivity index (χ0) is 22.2. The van der Waals surface area contributed by atoms with E-state index in [1.807, 2.05) is 0 Å². The zero-order valence-corrected chi connectivity index (χ0v) is 18.9. The Bertz CT molecular complexity index is 1170. The second-order valence-corrected chi connectivity index (χ2v) is 11.6. The highest BCUT2D eigenvalue weighted by Gasteiger charge is 2.33. The second-order valence-electron chi connectivity index (χ2n) is 7.72. The van der Waals surface area contributed by atoms with Crippen molar-refractivity contribution in [3.8, 4) is 0 Å². The molecule has 2 aliphatic rings. The number of piperazine rings is 1. The van der Waals surface area contributed by atoms with E-state index in [0.29, 0.717) is 24.2 Å². The summed E-state index contributed by atoms with van der Waals surface area (Å²) in [5.41, 5.74) is 0.919. The van der Waals surface area contributed by atoms with E-state index >= 15 is 0 Å². The highest BCUT2D eigenvalue weighted by atomic mass is 32.2. The lowest BCUT2D eigenvalue weighted by molar-refractivity contribution is 0.0666. The molecule has 0 atom stereocenters. The van der Waals surface area contributed by atoms with Crippen LogP contribution in [0.3, 0.4) is 0 Å². The quantitative estimate of drug-likeness (QED) is 0.677. The van der Waals surface area contributed by atoms with Gasteiger partial charge in [0.15, 0.2) is 5.76 Å². The van der Waals surface area contributed by atoms with Gasteiger partial charge in [-0.1, -0.05) is 6.07 Å². The average molecular weight is 468 g/mol. The third kappa shape index (κ3) is 4.21. The van der Waals surface area contributed by atoms with Crippen LogP contribution in [0.1, 0.15) is 29.0 Å². The van der Waals surface area contributed by atoms with Crippen LogP contribution in [0, 0.1) is 6.92 Å². The first-order valence-electron chi connectivity index (χ1n) is 10.1. The van der Waals surface area contributed by atoms with Crippen LogP contribution in [0.2, 0.25) is 0 Å². The number of nitrogens with zero attached hydrogens (tertiary/aromatic N) is 3. The molecular formula is C20H25N3O6S2. The summed E-state index contributed by atoms with van der Waals surface area (Å²) in [7, 11) is -7.29. The molecule has 1 aromatic heterocycles. The smallest absolute Gasteiger partial charge is 0.289 e. The number of rotatable bonds is 4. The molecule has 0 unspecified atom stereocenters. The first-order valence-corrected chi connectivity index (χ1v) is 13.2. The fourth-order valence-electron chi connectivity index (χ4n) is 3.93. The number of sulfonamides is 2. The van der Waals surface area contributed by atoms with Crippen molar-refractivity contribution in [2.75, 3.05) is 42.8 Å². The second kappa shape index (κ2) is 8.29. The molecule has 0 saturated carbocycles. The number of amides is 1. The first-order chi connectivity index (χ1) is 14.7. The number of aryl methyl sites for hydroxylation is 1. The van der Waals surface area contributed by atoms with Gasteiger partial charge in [0, 0.05) is 32.7 Å². The lowest BCUT2D eigenvalue weighted by Crippen LogP contribution is -2.50. The molecule has 0 radical (unpaired) electrons. The van der Waals surface area contributed by atoms with E-state index in [4.69, 9.17) is 4.42 Å². The summed E-state index contributed by atoms with van der Waals surface area (Å²) in [5, 5.41) is 0. The summed E-state index contributed by atoms with van der Waals surface area (Å²) in [4.78, 5) is 14.1. The molecule has 1 aromatic carbocycles. The van der Waals surface area contributed by atoms with Gasteiger partial charge in [0.1, 0.15) is 0 Å². The van der Waals surface area contributed by atoms with E-state index in [-0.39, 0.29) is 48.5 Å². The summed E-state index contributed by atoms with van der Waals surface area (Å²) >= 11 is 0. The van der Waals surface area contributed by atoms with Crippen LogP contribution in [0.15, 0.2) is 45.9 Å². The minimum absolute atomic E-state index is 0.0641. The molecule has 0 spiro atoms. The predicted molar refractivity (Wildman–Crippen MR) is 115 cm³/mol. The summed E-state index contributed by atoms with van der Waals surface area (Å²) in [6.45, 7) is 2.84. The SMILES string of the molecule is Cc1ccc(N2CCCCS2(=O)=O)cc1S(=O)(=O)N1CCN(C(=O)c2ccco2)CC1. The Morgan fingerprint density at radius 3 is 2.42 bits per heavy atom. The van der Waals surface area contributed by atoms with Crippen molar-refractivity contribution in [2.45, 2.75) is 24.7 Å². The Hall–Kier alpha value is -2.37. The van der Waals surface area contributed by atoms with Crippen LogP contribution in [0.25, 0.3) is 0 Å². The van der Waals surface area contributed by atoms with Gasteiger partial charge in [-0.25, -0.2) is 16.8 Å². The Labute approximate surface area is 182 Å². The van der Waals surface area contributed by atoms with Gasteiger partial charge in [0.25, 0.3) is 5.91 Å². The van der Waals surface area contributed by atoms with Gasteiger partial charge in [-0.15, -0.1) is 0 Å². The third-order valence-corrected chi connectivity index (χ3v) is 9.59. The fourth-order valence-corrected chi connectivity index (χ4v) is 7.23. The molecule has 2 aromatic rings. The van der Waals surface area contributed by atoms with Gasteiger partial charge in [0.2, 0.25) is 20.0 Å². The van der Waals surface area contributed by atoms with E-state index < -0.39 is 20.0 Å². The molecule has 0 bridgehead atoms. The van der Waals surface area contributed by atoms with Crippen LogP contribution in [0.4, 0.5) is 5.69 Å². The maximum absolute atomic E-state index is 13.3. The normalized spacial score (nSPS) is 20.0. The number of anilines is 1. The number of furan rings is 1. The molecule has 168 valence electrons. The zero-order valence-electron chi connectivity index (χ0n) is 17.2. The Balaban J connectivity index is 1.54. The van der Waals surface area contributed by atoms with Crippen molar-refractivity contribution in [3.63, 3.8) is 0 Å². The van der Waals surface area contributed by atoms with Crippen LogP contribution >= 0.6 is 0 Å². The summed E-state index contributed by atoms with van der Waals surface area (Å²) in [6.07, 6.45) is 2.77. The molecule has 3 heterocycles. The van der Waals surface area contributed by atoms with Gasteiger partial charge in [-0.3, -0.25) is 9.10 Å². The van der Waals surface area contributed by atoms with Crippen molar-refractivity contribution in [1.82, 2.24) is 9.21 Å². The molecule has 11 heteroatoms. The standard InChI is InChI=1S/C20H25N3O6S2/c1-16-6-7-17(23-8-2-3-14-30(23,25)26)15-19(16)31(27,28)22-11-9-21(10-12-22)20(24)18-5-4-13-29-18/h4-7,13,15H,2-3,8-12,14H2,1H3. The maximum Gasteiger partial charge on any atom is 0.289 e. The van der Waals surface area contributed by atoms with Crippen molar-refractivity contribution in [3.05, 3.63) is 47.9 Å². The highest BCUT2D eigenvalue weighted by molar-refractivity contribution is 7.92. The van der Waals surface area contributed by atoms with Gasteiger partial charge in [0.05, 0.1) is 22.6 Å². The summed E-state index contributed by atoms with van der Waals surface area (Å²) in [5.74, 6) is 0.0207. The maximum atomic E-state index is 13.3. The lowest BCUT2D eigenvalue weighted by atomic mass is 10.2. The van der Waals surface area contributed by atoms with Crippen molar-refractivity contribution in [2.24, 2.45) is 0 Å². The van der Waals surface area contributed by atoms with E-state index in [0.717, 1.165) is 6.42 Å². The van der Waals surface area contributed by atoms with Crippen LogP contribution in [0.5, 0.6) is 0 Å². The Morgan fingerprint density at radius 2 is 1.77 bits per heavy atom. The minimum Gasteiger partial charge on any atom is -0.459 e. The molecule has 31 heavy (non-hydrogen) atoms. The molecule has 2 fully saturated rings. The lowest BCUT2D eigenvalue weighted by Gasteiger charge is -2.34. The van der Waals surface area contributed by atoms with E-state index in [9.17, 15) is 21.6 Å². The number of benzene rings is 1. The van der Waals surface area contributed by atoms with Gasteiger partial charge in [-0.2, -0.15) is 4.31 Å². The van der Waals surface area contributed by atoms with Crippen molar-refractivity contribution in [1.29, 1.82) is 0 Å². The minimum atomic E-state index is -3.84. The molecule has 0 N–H and O–H groups in total. The molecule has 2 aliphatic heterocycles. The van der Waals surface area contributed by atoms with Gasteiger partial charge in [-0.05, 0) is 49.6 Å². The number of hydrogen-bond donors (Lipinski definition) is 0. The van der Waals surface area contributed by atoms with Gasteiger partial charge >= 0.3 is 0 Å². The Kier molecular flexibility index (Phi) is 5.84. The van der Waals surface area contributed by atoms with Crippen LogP contribution in [-0.2, 0) is 20.0 Å². The van der Waals surface area contributed by atoms with E-state index in [1.165, 1.54) is 20.9 Å². The largest absolute Gasteiger partial charge is 0.459 e. The number of carbonyl (C=O) groups excluding carboxylic acids is 1. The van der Waals surface area contributed by atoms with Gasteiger partial charge < -0.3 is 9.32 Å². The van der Waals surface area contributed by atoms with Crippen molar-refractivity contribution < 1.29 is 26.0 Å². The molecular weight excluding hydrogens is 442 g/mol. The predicted octanol–water partition coefficient (Wildman–Crippen LogP) is 1.66. The topological polar surface area (TPSA) is 108 Å². The summed E-state index contributed by atoms with van der Waals surface area (Å²) in [6, 6.07) is 7.95. The fraction of sp³-hybridized carbons (Fsp3) is 0.450. The Morgan fingerprint density at radius 1 is 1.03 bits per heavy atom. The molecule has 0 aliphatic carbocycles. The average Bonchev–Trinajstić information content (AvgIpc) is 3.28. The molecule has 4 rings (SSSR count). The van der Waals surface area contributed by atoms with Crippen LogP contribution in [-0.4, -0.2) is 70.4 Å². The van der Waals surface area contributed by atoms with Crippen LogP contribution < -0.4 is 4.31 Å². The van der Waals surface area contributed by atoms with E-state index in [2.05, 4.69) is 0 Å². The van der Waals surface area contributed by atoms with Crippen molar-refractivity contribution >= 4 is 31.6 Å². The molecule has 9 nitrogen and oxygen atoms in total. The molecule has 1 amide bonds. The number of hydrogen-bond acceptors (Lipinski definition) is 6.